The van der Waals surface area contributed by atoms with Crippen molar-refractivity contribution in [3.63, 3.8) is 0 Å². The van der Waals surface area contributed by atoms with Gasteiger partial charge in [0.25, 0.3) is 0 Å². The zero-order chi connectivity index (χ0) is 9.84. The van der Waals surface area contributed by atoms with E-state index in [2.05, 4.69) is 4.74 Å². The van der Waals surface area contributed by atoms with Crippen molar-refractivity contribution in [2.24, 2.45) is 5.73 Å². The van der Waals surface area contributed by atoms with Crippen molar-refractivity contribution in [3.05, 3.63) is 29.8 Å². The lowest BCUT2D eigenvalue weighted by Crippen LogP contribution is -2.19. The van der Waals surface area contributed by atoms with Crippen LogP contribution in [0.5, 0.6) is 0 Å². The van der Waals surface area contributed by atoms with Gasteiger partial charge in [0.05, 0.1) is 0 Å². The lowest BCUT2D eigenvalue weighted by molar-refractivity contribution is 0.208. The summed E-state index contributed by atoms with van der Waals surface area (Å²) in [4.78, 5) is 10.3. The number of primary amides is 1. The highest BCUT2D eigenvalue weighted by atomic mass is 16.6. The Kier molecular flexibility index (Phi) is 2.69. The third-order valence-corrected chi connectivity index (χ3v) is 1.35. The van der Waals surface area contributed by atoms with Gasteiger partial charge >= 0.3 is 6.09 Å². The average molecular weight is 174 g/mol. The van der Waals surface area contributed by atoms with E-state index >= 15 is 0 Å². The van der Waals surface area contributed by atoms with Gasteiger partial charge in [-0.3, -0.25) is 5.41 Å². The summed E-state index contributed by atoms with van der Waals surface area (Å²) in [5, 5.41) is 7.28. The van der Waals surface area contributed by atoms with Crippen molar-refractivity contribution in [3.8, 4) is 0 Å². The maximum absolute atomic E-state index is 10.3. The maximum atomic E-state index is 10.3. The third kappa shape index (κ3) is 2.63. The third-order valence-electron chi connectivity index (χ3n) is 1.35. The first-order chi connectivity index (χ1) is 6.09. The molecule has 0 aliphatic heterocycles. The number of nitrogens with one attached hydrogen (secondary N) is 1. The molecule has 4 nitrogen and oxygen atoms in total. The normalized spacial score (nSPS) is 9.23. The van der Waals surface area contributed by atoms with E-state index < -0.39 is 6.09 Å². The molecule has 0 bridgehead atoms. The lowest BCUT2D eigenvalue weighted by Gasteiger charge is -2.03. The van der Waals surface area contributed by atoms with E-state index in [1.807, 2.05) is 0 Å². The van der Waals surface area contributed by atoms with Gasteiger partial charge < -0.3 is 10.5 Å². The number of rotatable bonds is 1. The molecule has 0 atom stereocenters. The van der Waals surface area contributed by atoms with Crippen LogP contribution in [0.15, 0.2) is 24.3 Å². The fraction of sp³-hybridized carbons (Fsp3) is 0. The summed E-state index contributed by atoms with van der Waals surface area (Å²) in [7, 11) is 5.46. The van der Waals surface area contributed by atoms with E-state index in [1.165, 1.54) is 6.07 Å². The Morgan fingerprint density at radius 1 is 1.54 bits per heavy atom. The summed E-state index contributed by atoms with van der Waals surface area (Å²) in [6, 6.07) is 6.44. The van der Waals surface area contributed by atoms with Crippen LogP contribution in [-0.2, 0) is 4.74 Å². The molecule has 5 heteroatoms. The first-order valence-electron chi connectivity index (χ1n) is 3.51. The van der Waals surface area contributed by atoms with Crippen molar-refractivity contribution in [2.45, 2.75) is 0 Å². The summed E-state index contributed by atoms with van der Waals surface area (Å²) in [5.41, 5.74) is 5.65. The minimum Gasteiger partial charge on any atom is -0.391 e. The molecule has 2 radical (unpaired) electrons. The summed E-state index contributed by atoms with van der Waals surface area (Å²) in [5.74, 6) is -0.306. The summed E-state index contributed by atoms with van der Waals surface area (Å²) >= 11 is 0. The zero-order valence-corrected chi connectivity index (χ0v) is 6.78. The highest BCUT2D eigenvalue weighted by Crippen LogP contribution is 1.98. The number of benzene rings is 1. The molecule has 0 saturated carbocycles. The number of hydrogen-bond acceptors (Lipinski definition) is 3. The standard InChI is InChI=1S/C8H7BN2O2/c9-6-3-1-2-5(4-6)7(10)13-8(11)12/h1-4,10H,(H2,11,12). The van der Waals surface area contributed by atoms with Gasteiger partial charge in [0.15, 0.2) is 0 Å². The number of amides is 1. The van der Waals surface area contributed by atoms with Crippen LogP contribution in [0.1, 0.15) is 5.56 Å². The van der Waals surface area contributed by atoms with Crippen LogP contribution in [0.2, 0.25) is 0 Å². The molecule has 0 saturated heterocycles. The molecule has 0 aromatic heterocycles. The van der Waals surface area contributed by atoms with Crippen LogP contribution in [0, 0.1) is 5.41 Å². The molecule has 0 unspecified atom stereocenters. The summed E-state index contributed by atoms with van der Waals surface area (Å²) in [6.07, 6.45) is -1.01. The Morgan fingerprint density at radius 2 is 2.23 bits per heavy atom. The molecule has 3 N–H and O–H groups in total. The van der Waals surface area contributed by atoms with Gasteiger partial charge in [-0.1, -0.05) is 23.7 Å². The van der Waals surface area contributed by atoms with Crippen molar-refractivity contribution < 1.29 is 9.53 Å². The number of carbonyl (C=O) groups is 1. The van der Waals surface area contributed by atoms with Gasteiger partial charge in [0.2, 0.25) is 5.90 Å². The second-order valence-electron chi connectivity index (χ2n) is 2.38. The monoisotopic (exact) mass is 174 g/mol. The molecule has 0 spiro atoms. The van der Waals surface area contributed by atoms with Gasteiger partial charge in [-0.25, -0.2) is 4.79 Å². The van der Waals surface area contributed by atoms with Gasteiger partial charge in [-0.05, 0) is 6.07 Å². The van der Waals surface area contributed by atoms with Crippen LogP contribution in [-0.4, -0.2) is 19.8 Å². The van der Waals surface area contributed by atoms with Crippen LogP contribution >= 0.6 is 0 Å². The average Bonchev–Trinajstić information content (AvgIpc) is 2.03. The van der Waals surface area contributed by atoms with Crippen molar-refractivity contribution in [1.29, 1.82) is 5.41 Å². The van der Waals surface area contributed by atoms with Crippen LogP contribution < -0.4 is 11.2 Å². The lowest BCUT2D eigenvalue weighted by atomic mass is 9.94. The number of hydrogen-bond donors (Lipinski definition) is 2. The van der Waals surface area contributed by atoms with Crippen molar-refractivity contribution in [1.82, 2.24) is 0 Å². The van der Waals surface area contributed by atoms with Crippen LogP contribution in [0.4, 0.5) is 4.79 Å². The SMILES string of the molecule is [B]c1cccc(C(=N)OC(N)=O)c1. The minimum atomic E-state index is -1.01. The molecule has 0 heterocycles. The molecule has 1 aromatic carbocycles. The molecule has 0 aliphatic rings. The molecule has 0 aliphatic carbocycles. The van der Waals surface area contributed by atoms with Crippen molar-refractivity contribution in [2.75, 3.05) is 0 Å². The Hall–Kier alpha value is -1.78. The van der Waals surface area contributed by atoms with Crippen LogP contribution in [0.3, 0.4) is 0 Å². The minimum absolute atomic E-state index is 0.306. The van der Waals surface area contributed by atoms with Gasteiger partial charge in [0, 0.05) is 5.56 Å². The highest BCUT2D eigenvalue weighted by molar-refractivity contribution is 6.32. The molecule has 64 valence electrons. The summed E-state index contributed by atoms with van der Waals surface area (Å²) < 4.78 is 4.36. The largest absolute Gasteiger partial charge is 0.411 e. The second-order valence-corrected chi connectivity index (χ2v) is 2.38. The van der Waals surface area contributed by atoms with Gasteiger partial charge in [-0.2, -0.15) is 0 Å². The molecular weight excluding hydrogens is 167 g/mol. The Balaban J connectivity index is 2.83. The van der Waals surface area contributed by atoms with Gasteiger partial charge in [0.1, 0.15) is 7.85 Å². The van der Waals surface area contributed by atoms with E-state index in [4.69, 9.17) is 19.0 Å². The smallest absolute Gasteiger partial charge is 0.391 e. The molecule has 13 heavy (non-hydrogen) atoms. The molecule has 1 aromatic rings. The topological polar surface area (TPSA) is 76.2 Å². The zero-order valence-electron chi connectivity index (χ0n) is 6.78. The number of ether oxygens (including phenoxy) is 1. The second kappa shape index (κ2) is 3.75. The van der Waals surface area contributed by atoms with E-state index in [0.29, 0.717) is 11.0 Å². The molecule has 1 amide bonds. The van der Waals surface area contributed by atoms with E-state index in [-0.39, 0.29) is 5.90 Å². The first kappa shape index (κ1) is 9.31. The summed E-state index contributed by atoms with van der Waals surface area (Å²) in [6.45, 7) is 0. The first-order valence-corrected chi connectivity index (χ1v) is 3.51. The molecule has 1 rings (SSSR count). The predicted molar refractivity (Wildman–Crippen MR) is 49.3 cm³/mol. The van der Waals surface area contributed by atoms with Crippen LogP contribution in [0.25, 0.3) is 0 Å². The van der Waals surface area contributed by atoms with Crippen molar-refractivity contribution >= 4 is 25.3 Å². The number of nitrogens with two attached hydrogens (primary N) is 1. The van der Waals surface area contributed by atoms with E-state index in [1.54, 1.807) is 18.2 Å². The maximum Gasteiger partial charge on any atom is 0.411 e. The quantitative estimate of drug-likeness (QED) is 0.354. The Morgan fingerprint density at radius 3 is 2.77 bits per heavy atom. The highest BCUT2D eigenvalue weighted by Gasteiger charge is 2.04. The molecule has 0 fully saturated rings. The Bertz CT molecular complexity index is 352. The Labute approximate surface area is 76.6 Å². The van der Waals surface area contributed by atoms with E-state index in [0.717, 1.165) is 0 Å². The van der Waals surface area contributed by atoms with E-state index in [9.17, 15) is 4.79 Å². The number of carbonyl (C=O) groups excluding carboxylic acids is 1. The fourth-order valence-electron chi connectivity index (χ4n) is 0.839. The van der Waals surface area contributed by atoms with Gasteiger partial charge in [-0.15, -0.1) is 0 Å². The predicted octanol–water partition coefficient (Wildman–Crippen LogP) is -0.0989. The fourth-order valence-corrected chi connectivity index (χ4v) is 0.839. The molecular formula is C8H7BN2O2.